The van der Waals surface area contributed by atoms with Gasteiger partial charge in [0.15, 0.2) is 0 Å². The monoisotopic (exact) mass is 315 g/mol. The van der Waals surface area contributed by atoms with Crippen LogP contribution in [0.25, 0.3) is 5.69 Å². The van der Waals surface area contributed by atoms with Gasteiger partial charge in [-0.3, -0.25) is 4.79 Å². The lowest BCUT2D eigenvalue weighted by Crippen LogP contribution is -2.14. The Morgan fingerprint density at radius 3 is 2.65 bits per heavy atom. The lowest BCUT2D eigenvalue weighted by atomic mass is 10.1. The summed E-state index contributed by atoms with van der Waals surface area (Å²) in [5.74, 6) is -0.109. The number of carbonyl (C=O) groups is 1. The van der Waals surface area contributed by atoms with Gasteiger partial charge >= 0.3 is 5.97 Å². The fourth-order valence-electron chi connectivity index (χ4n) is 2.41. The summed E-state index contributed by atoms with van der Waals surface area (Å²) in [7, 11) is 1.44. The molecular weight excluding hydrogens is 290 g/mol. The van der Waals surface area contributed by atoms with Gasteiger partial charge in [0.05, 0.1) is 13.4 Å². The smallest absolute Gasteiger partial charge is 0.305 e. The summed E-state index contributed by atoms with van der Waals surface area (Å²) in [6.07, 6.45) is 10.3. The minimum atomic E-state index is -0.109. The van der Waals surface area contributed by atoms with E-state index in [1.165, 1.54) is 12.7 Å². The Morgan fingerprint density at radius 2 is 1.96 bits per heavy atom. The molecule has 1 aromatic carbocycles. The maximum Gasteiger partial charge on any atom is 0.305 e. The number of ether oxygens (including phenoxy) is 1. The lowest BCUT2D eigenvalue weighted by molar-refractivity contribution is -0.140. The van der Waals surface area contributed by atoms with Crippen LogP contribution < -0.4 is 5.32 Å². The molecule has 0 atom stereocenters. The molecule has 0 radical (unpaired) electrons. The van der Waals surface area contributed by atoms with Crippen LogP contribution in [-0.4, -0.2) is 29.2 Å². The summed E-state index contributed by atoms with van der Waals surface area (Å²) in [5.41, 5.74) is 2.40. The maximum absolute atomic E-state index is 11.0. The number of rotatable bonds is 10. The average Bonchev–Trinajstić information content (AvgIpc) is 3.12. The summed E-state index contributed by atoms with van der Waals surface area (Å²) < 4.78 is 6.61. The fraction of sp³-hybridized carbons (Fsp3) is 0.444. The molecule has 2 aromatic rings. The van der Waals surface area contributed by atoms with Crippen LogP contribution in [0.5, 0.6) is 0 Å². The first-order valence-corrected chi connectivity index (χ1v) is 8.14. The molecule has 0 unspecified atom stereocenters. The van der Waals surface area contributed by atoms with E-state index in [2.05, 4.69) is 39.3 Å². The molecule has 0 aliphatic rings. The highest BCUT2D eigenvalue weighted by Crippen LogP contribution is 2.09. The molecule has 23 heavy (non-hydrogen) atoms. The number of unbranched alkanes of at least 4 members (excludes halogenated alkanes) is 3. The number of aromatic nitrogens is 2. The standard InChI is InChI=1S/C18H25N3O2/c1-23-18(22)6-4-2-3-5-11-19-14-16-7-9-17(10-8-16)21-13-12-20-15-21/h7-10,12-13,15,19H,2-6,11,14H2,1H3. The first-order valence-electron chi connectivity index (χ1n) is 8.14. The molecular formula is C18H25N3O2. The predicted molar refractivity (Wildman–Crippen MR) is 90.4 cm³/mol. The molecule has 5 heteroatoms. The second kappa shape index (κ2) is 9.79. The van der Waals surface area contributed by atoms with Crippen LogP contribution in [0.4, 0.5) is 0 Å². The first-order chi connectivity index (χ1) is 11.3. The van der Waals surface area contributed by atoms with E-state index in [-0.39, 0.29) is 5.97 Å². The van der Waals surface area contributed by atoms with Gasteiger partial charge in [-0.1, -0.05) is 25.0 Å². The van der Waals surface area contributed by atoms with Crippen LogP contribution in [0.15, 0.2) is 43.0 Å². The predicted octanol–water partition coefficient (Wildman–Crippen LogP) is 3.09. The molecule has 0 amide bonds. The molecule has 2 rings (SSSR count). The molecule has 5 nitrogen and oxygen atoms in total. The van der Waals surface area contributed by atoms with Crippen molar-refractivity contribution in [3.8, 4) is 5.69 Å². The second-order valence-electron chi connectivity index (χ2n) is 5.55. The Bertz CT molecular complexity index is 564. The van der Waals surface area contributed by atoms with Crippen molar-refractivity contribution in [2.24, 2.45) is 0 Å². The van der Waals surface area contributed by atoms with Crippen LogP contribution in [-0.2, 0) is 16.1 Å². The van der Waals surface area contributed by atoms with Gasteiger partial charge in [0.25, 0.3) is 0 Å². The van der Waals surface area contributed by atoms with Gasteiger partial charge in [-0.25, -0.2) is 4.98 Å². The van der Waals surface area contributed by atoms with E-state index in [0.29, 0.717) is 6.42 Å². The van der Waals surface area contributed by atoms with Crippen molar-refractivity contribution < 1.29 is 9.53 Å². The minimum Gasteiger partial charge on any atom is -0.469 e. The van der Waals surface area contributed by atoms with E-state index in [9.17, 15) is 4.79 Å². The van der Waals surface area contributed by atoms with Gasteiger partial charge in [0.1, 0.15) is 0 Å². The third kappa shape index (κ3) is 6.24. The normalized spacial score (nSPS) is 10.7. The quantitative estimate of drug-likeness (QED) is 0.541. The number of nitrogens with zero attached hydrogens (tertiary/aromatic N) is 2. The van der Waals surface area contributed by atoms with E-state index >= 15 is 0 Å². The van der Waals surface area contributed by atoms with E-state index in [0.717, 1.165) is 44.5 Å². The van der Waals surface area contributed by atoms with E-state index in [1.54, 1.807) is 12.5 Å². The summed E-state index contributed by atoms with van der Waals surface area (Å²) in [6.45, 7) is 1.88. The van der Waals surface area contributed by atoms with Gasteiger partial charge in [-0.15, -0.1) is 0 Å². The number of nitrogens with one attached hydrogen (secondary N) is 1. The zero-order valence-corrected chi connectivity index (χ0v) is 13.7. The summed E-state index contributed by atoms with van der Waals surface area (Å²) in [6, 6.07) is 8.48. The maximum atomic E-state index is 11.0. The Balaban J connectivity index is 1.55. The van der Waals surface area contributed by atoms with E-state index < -0.39 is 0 Å². The van der Waals surface area contributed by atoms with Crippen molar-refractivity contribution in [1.29, 1.82) is 0 Å². The number of esters is 1. The lowest BCUT2D eigenvalue weighted by Gasteiger charge is -2.07. The van der Waals surface area contributed by atoms with Crippen molar-refractivity contribution in [2.75, 3.05) is 13.7 Å². The molecule has 0 saturated carbocycles. The highest BCUT2D eigenvalue weighted by atomic mass is 16.5. The fourth-order valence-corrected chi connectivity index (χ4v) is 2.41. The van der Waals surface area contributed by atoms with Gasteiger partial charge in [-0.2, -0.15) is 0 Å². The number of hydrogen-bond acceptors (Lipinski definition) is 4. The van der Waals surface area contributed by atoms with Crippen LogP contribution >= 0.6 is 0 Å². The van der Waals surface area contributed by atoms with Crippen molar-refractivity contribution in [3.05, 3.63) is 48.5 Å². The van der Waals surface area contributed by atoms with Gasteiger partial charge < -0.3 is 14.6 Å². The molecule has 1 aromatic heterocycles. The van der Waals surface area contributed by atoms with Gasteiger partial charge in [-0.05, 0) is 37.1 Å². The van der Waals surface area contributed by atoms with Crippen LogP contribution in [0.3, 0.4) is 0 Å². The molecule has 0 fully saturated rings. The van der Waals surface area contributed by atoms with Crippen molar-refractivity contribution >= 4 is 5.97 Å². The molecule has 0 saturated heterocycles. The van der Waals surface area contributed by atoms with E-state index in [4.69, 9.17) is 0 Å². The molecule has 0 aliphatic heterocycles. The number of benzene rings is 1. The highest BCUT2D eigenvalue weighted by molar-refractivity contribution is 5.68. The Morgan fingerprint density at radius 1 is 1.17 bits per heavy atom. The SMILES string of the molecule is COC(=O)CCCCCCNCc1ccc(-n2ccnc2)cc1. The molecule has 0 aliphatic carbocycles. The summed E-state index contributed by atoms with van der Waals surface area (Å²) in [5, 5.41) is 3.46. The number of hydrogen-bond donors (Lipinski definition) is 1. The molecule has 1 heterocycles. The van der Waals surface area contributed by atoms with E-state index in [1.807, 2.05) is 10.8 Å². The number of methoxy groups -OCH3 is 1. The third-order valence-corrected chi connectivity index (χ3v) is 3.78. The van der Waals surface area contributed by atoms with Crippen LogP contribution in [0.1, 0.15) is 37.7 Å². The Hall–Kier alpha value is -2.14. The third-order valence-electron chi connectivity index (χ3n) is 3.78. The van der Waals surface area contributed by atoms with Gasteiger partial charge in [0.2, 0.25) is 0 Å². The number of imidazole rings is 1. The average molecular weight is 315 g/mol. The molecule has 0 bridgehead atoms. The zero-order valence-electron chi connectivity index (χ0n) is 13.7. The second-order valence-corrected chi connectivity index (χ2v) is 5.55. The largest absolute Gasteiger partial charge is 0.469 e. The summed E-state index contributed by atoms with van der Waals surface area (Å²) >= 11 is 0. The number of carbonyl (C=O) groups excluding carboxylic acids is 1. The summed E-state index contributed by atoms with van der Waals surface area (Å²) in [4.78, 5) is 15.0. The van der Waals surface area contributed by atoms with Crippen LogP contribution in [0, 0.1) is 0 Å². The Kier molecular flexibility index (Phi) is 7.33. The van der Waals surface area contributed by atoms with Gasteiger partial charge in [0, 0.05) is 31.0 Å². The minimum absolute atomic E-state index is 0.109. The Labute approximate surface area is 137 Å². The van der Waals surface area contributed by atoms with Crippen molar-refractivity contribution in [3.63, 3.8) is 0 Å². The van der Waals surface area contributed by atoms with Crippen molar-refractivity contribution in [1.82, 2.24) is 14.9 Å². The van der Waals surface area contributed by atoms with Crippen LogP contribution in [0.2, 0.25) is 0 Å². The zero-order chi connectivity index (χ0) is 16.3. The topological polar surface area (TPSA) is 56.1 Å². The highest BCUT2D eigenvalue weighted by Gasteiger charge is 1.99. The molecule has 0 spiro atoms. The van der Waals surface area contributed by atoms with Crippen molar-refractivity contribution in [2.45, 2.75) is 38.6 Å². The first kappa shape index (κ1) is 17.2. The molecule has 124 valence electrons. The molecule has 1 N–H and O–H groups in total.